The SMILES string of the molecule is COC(=O)CN(C)C(=O)CCN(C)Cc1ccc2c(c1)OCCO2. The van der Waals surface area contributed by atoms with Crippen molar-refractivity contribution in [3.8, 4) is 11.5 Å². The van der Waals surface area contributed by atoms with Gasteiger partial charge in [-0.3, -0.25) is 9.59 Å². The average Bonchev–Trinajstić information content (AvgIpc) is 2.59. The zero-order valence-electron chi connectivity index (χ0n) is 14.4. The van der Waals surface area contributed by atoms with Crippen molar-refractivity contribution in [2.75, 3.05) is 47.5 Å². The predicted octanol–water partition coefficient (Wildman–Crippen LogP) is 0.911. The Morgan fingerprint density at radius 1 is 1.17 bits per heavy atom. The molecule has 0 aromatic heterocycles. The molecule has 0 N–H and O–H groups in total. The number of hydrogen-bond donors (Lipinski definition) is 0. The van der Waals surface area contributed by atoms with Crippen LogP contribution in [0.4, 0.5) is 0 Å². The molecule has 1 aliphatic heterocycles. The van der Waals surface area contributed by atoms with Crippen LogP contribution in [0.15, 0.2) is 18.2 Å². The first-order chi connectivity index (χ1) is 11.5. The van der Waals surface area contributed by atoms with Crippen LogP contribution in [0.3, 0.4) is 0 Å². The van der Waals surface area contributed by atoms with Crippen molar-refractivity contribution in [3.63, 3.8) is 0 Å². The molecule has 7 heteroatoms. The molecule has 1 aromatic rings. The lowest BCUT2D eigenvalue weighted by molar-refractivity contribution is -0.146. The summed E-state index contributed by atoms with van der Waals surface area (Å²) >= 11 is 0. The van der Waals surface area contributed by atoms with Gasteiger partial charge in [-0.2, -0.15) is 0 Å². The molecule has 0 bridgehead atoms. The first-order valence-corrected chi connectivity index (χ1v) is 7.87. The Morgan fingerprint density at radius 2 is 1.88 bits per heavy atom. The second-order valence-electron chi connectivity index (χ2n) is 5.79. The lowest BCUT2D eigenvalue weighted by Gasteiger charge is -2.22. The van der Waals surface area contributed by atoms with Crippen molar-refractivity contribution >= 4 is 11.9 Å². The van der Waals surface area contributed by atoms with E-state index in [4.69, 9.17) is 9.47 Å². The number of likely N-dealkylation sites (N-methyl/N-ethyl adjacent to an activating group) is 1. The molecule has 0 saturated carbocycles. The summed E-state index contributed by atoms with van der Waals surface area (Å²) in [5.41, 5.74) is 1.09. The lowest BCUT2D eigenvalue weighted by Crippen LogP contribution is -2.34. The zero-order valence-corrected chi connectivity index (χ0v) is 14.4. The first kappa shape index (κ1) is 18.1. The summed E-state index contributed by atoms with van der Waals surface area (Å²) in [7, 11) is 4.85. The summed E-state index contributed by atoms with van der Waals surface area (Å²) in [5.74, 6) is 1.03. The van der Waals surface area contributed by atoms with Gasteiger partial charge in [-0.25, -0.2) is 0 Å². The third-order valence-electron chi connectivity index (χ3n) is 3.79. The minimum atomic E-state index is -0.421. The molecule has 0 unspecified atom stereocenters. The van der Waals surface area contributed by atoms with Crippen molar-refractivity contribution in [1.82, 2.24) is 9.80 Å². The molecule has 1 aliphatic rings. The summed E-state index contributed by atoms with van der Waals surface area (Å²) in [5, 5.41) is 0. The van der Waals surface area contributed by atoms with Gasteiger partial charge in [0.1, 0.15) is 19.8 Å². The van der Waals surface area contributed by atoms with Crippen LogP contribution in [0.25, 0.3) is 0 Å². The van der Waals surface area contributed by atoms with E-state index in [9.17, 15) is 9.59 Å². The molecule has 7 nitrogen and oxygen atoms in total. The number of hydrogen-bond acceptors (Lipinski definition) is 6. The summed E-state index contributed by atoms with van der Waals surface area (Å²) < 4.78 is 15.6. The second-order valence-corrected chi connectivity index (χ2v) is 5.79. The molecule has 0 atom stereocenters. The Kier molecular flexibility index (Phi) is 6.43. The highest BCUT2D eigenvalue weighted by atomic mass is 16.6. The standard InChI is InChI=1S/C17H24N2O5/c1-18(7-6-16(20)19(2)12-17(21)22-3)11-13-4-5-14-15(10-13)24-9-8-23-14/h4-5,10H,6-9,11-12H2,1-3H3. The number of amides is 1. The number of methoxy groups -OCH3 is 1. The van der Waals surface area contributed by atoms with E-state index in [0.717, 1.165) is 17.1 Å². The number of fused-ring (bicyclic) bond motifs is 1. The van der Waals surface area contributed by atoms with Crippen LogP contribution < -0.4 is 9.47 Å². The molecule has 24 heavy (non-hydrogen) atoms. The molecule has 1 amide bonds. The van der Waals surface area contributed by atoms with Crippen LogP contribution >= 0.6 is 0 Å². The van der Waals surface area contributed by atoms with E-state index in [1.54, 1.807) is 7.05 Å². The van der Waals surface area contributed by atoms with Crippen molar-refractivity contribution < 1.29 is 23.8 Å². The van der Waals surface area contributed by atoms with Crippen molar-refractivity contribution in [3.05, 3.63) is 23.8 Å². The van der Waals surface area contributed by atoms with Gasteiger partial charge >= 0.3 is 5.97 Å². The first-order valence-electron chi connectivity index (χ1n) is 7.87. The molecule has 0 saturated heterocycles. The molecule has 2 rings (SSSR count). The van der Waals surface area contributed by atoms with Crippen LogP contribution in [-0.2, 0) is 20.9 Å². The highest BCUT2D eigenvalue weighted by Gasteiger charge is 2.15. The molecule has 0 fully saturated rings. The number of carbonyl (C=O) groups excluding carboxylic acids is 2. The van der Waals surface area contributed by atoms with Gasteiger partial charge in [0.05, 0.1) is 7.11 Å². The van der Waals surface area contributed by atoms with Gasteiger partial charge in [0.2, 0.25) is 5.91 Å². The quantitative estimate of drug-likeness (QED) is 0.690. The van der Waals surface area contributed by atoms with Crippen LogP contribution in [0.2, 0.25) is 0 Å². The fraction of sp³-hybridized carbons (Fsp3) is 0.529. The number of esters is 1. The van der Waals surface area contributed by atoms with Crippen molar-refractivity contribution in [2.24, 2.45) is 0 Å². The smallest absolute Gasteiger partial charge is 0.325 e. The monoisotopic (exact) mass is 336 g/mol. The predicted molar refractivity (Wildman–Crippen MR) is 88.0 cm³/mol. The Balaban J connectivity index is 1.79. The maximum absolute atomic E-state index is 12.0. The van der Waals surface area contributed by atoms with Gasteiger partial charge < -0.3 is 24.0 Å². The van der Waals surface area contributed by atoms with Crippen LogP contribution in [0.1, 0.15) is 12.0 Å². The Hall–Kier alpha value is -2.28. The number of carbonyl (C=O) groups is 2. The zero-order chi connectivity index (χ0) is 17.5. The van der Waals surface area contributed by atoms with Crippen LogP contribution in [-0.4, -0.2) is 69.2 Å². The highest BCUT2D eigenvalue weighted by Crippen LogP contribution is 2.30. The van der Waals surface area contributed by atoms with Gasteiger partial charge in [0, 0.05) is 26.6 Å². The molecule has 1 heterocycles. The minimum Gasteiger partial charge on any atom is -0.486 e. The molecule has 0 radical (unpaired) electrons. The number of benzene rings is 1. The lowest BCUT2D eigenvalue weighted by atomic mass is 10.2. The fourth-order valence-electron chi connectivity index (χ4n) is 2.40. The number of ether oxygens (including phenoxy) is 3. The largest absolute Gasteiger partial charge is 0.486 e. The van der Waals surface area contributed by atoms with Gasteiger partial charge in [-0.15, -0.1) is 0 Å². The maximum Gasteiger partial charge on any atom is 0.325 e. The van der Waals surface area contributed by atoms with E-state index in [0.29, 0.717) is 32.7 Å². The topological polar surface area (TPSA) is 68.3 Å². The highest BCUT2D eigenvalue weighted by molar-refractivity contribution is 5.81. The number of nitrogens with zero attached hydrogens (tertiary/aromatic N) is 2. The van der Waals surface area contributed by atoms with Gasteiger partial charge in [-0.1, -0.05) is 6.07 Å². The Labute approximate surface area is 142 Å². The molecule has 1 aromatic carbocycles. The summed E-state index contributed by atoms with van der Waals surface area (Å²) in [6.07, 6.45) is 0.342. The molecule has 132 valence electrons. The van der Waals surface area contributed by atoms with Gasteiger partial charge in [-0.05, 0) is 24.7 Å². The van der Waals surface area contributed by atoms with Gasteiger partial charge in [0.25, 0.3) is 0 Å². The van der Waals surface area contributed by atoms with E-state index in [2.05, 4.69) is 9.64 Å². The van der Waals surface area contributed by atoms with E-state index in [1.807, 2.05) is 25.2 Å². The normalized spacial score (nSPS) is 12.8. The van der Waals surface area contributed by atoms with Gasteiger partial charge in [0.15, 0.2) is 11.5 Å². The molecular weight excluding hydrogens is 312 g/mol. The van der Waals surface area contributed by atoms with E-state index < -0.39 is 5.97 Å². The molecular formula is C17H24N2O5. The third kappa shape index (κ3) is 5.13. The van der Waals surface area contributed by atoms with Crippen LogP contribution in [0, 0.1) is 0 Å². The summed E-state index contributed by atoms with van der Waals surface area (Å²) in [4.78, 5) is 26.6. The molecule has 0 spiro atoms. The summed E-state index contributed by atoms with van der Waals surface area (Å²) in [6, 6.07) is 5.87. The average molecular weight is 336 g/mol. The fourth-order valence-corrected chi connectivity index (χ4v) is 2.40. The third-order valence-corrected chi connectivity index (χ3v) is 3.79. The molecule has 0 aliphatic carbocycles. The number of rotatable bonds is 7. The van der Waals surface area contributed by atoms with Crippen LogP contribution in [0.5, 0.6) is 11.5 Å². The second kappa shape index (κ2) is 8.54. The van der Waals surface area contributed by atoms with E-state index in [1.165, 1.54) is 12.0 Å². The van der Waals surface area contributed by atoms with E-state index in [-0.39, 0.29) is 12.5 Å². The van der Waals surface area contributed by atoms with Crippen molar-refractivity contribution in [2.45, 2.75) is 13.0 Å². The van der Waals surface area contributed by atoms with Crippen molar-refractivity contribution in [1.29, 1.82) is 0 Å². The van der Waals surface area contributed by atoms with E-state index >= 15 is 0 Å². The maximum atomic E-state index is 12.0. The minimum absolute atomic E-state index is 0.0266. The Morgan fingerprint density at radius 3 is 2.58 bits per heavy atom. The Bertz CT molecular complexity index is 590. The summed E-state index contributed by atoms with van der Waals surface area (Å²) in [6.45, 7) is 2.41.